The zero-order chi connectivity index (χ0) is 11.5. The molecule has 1 aliphatic carbocycles. The highest BCUT2D eigenvalue weighted by Gasteiger charge is 2.54. The summed E-state index contributed by atoms with van der Waals surface area (Å²) in [5.74, 6) is -1.46. The van der Waals surface area contributed by atoms with Gasteiger partial charge in [-0.1, -0.05) is 0 Å². The Bertz CT molecular complexity index is 452. The molecule has 0 radical (unpaired) electrons. The number of hydrogen-bond acceptors (Lipinski definition) is 8. The summed E-state index contributed by atoms with van der Waals surface area (Å²) in [5.41, 5.74) is -1.19. The maximum absolute atomic E-state index is 9.40. The van der Waals surface area contributed by atoms with E-state index < -0.39 is 40.2 Å². The molecule has 2 aliphatic rings. The lowest BCUT2D eigenvalue weighted by Gasteiger charge is -2.25. The van der Waals surface area contributed by atoms with E-state index in [1.165, 1.54) is 0 Å². The Morgan fingerprint density at radius 1 is 0.938 bits per heavy atom. The first-order valence-electron chi connectivity index (χ1n) is 3.80. The van der Waals surface area contributed by atoms with Crippen molar-refractivity contribution in [3.05, 3.63) is 34.3 Å². The van der Waals surface area contributed by atoms with Gasteiger partial charge >= 0.3 is 0 Å². The molecule has 8 nitrogen and oxygen atoms in total. The van der Waals surface area contributed by atoms with Crippen molar-refractivity contribution in [1.29, 1.82) is 0 Å². The molecule has 0 aromatic heterocycles. The predicted molar refractivity (Wildman–Crippen MR) is 52.0 cm³/mol. The molecule has 1 heterocycles. The first-order valence-corrected chi connectivity index (χ1v) is 3.80. The maximum Gasteiger partial charge on any atom is 0.296 e. The quantitative estimate of drug-likeness (QED) is 0.218. The molecule has 0 bridgehead atoms. The van der Waals surface area contributed by atoms with Gasteiger partial charge in [-0.3, -0.25) is 0 Å². The standard InChI is InChI=1S/C7H8N2O6.ClH/c8-9-6(13)1-2(7(9,14)15)4(11)5(12)3(1)10;/h10-15H,8H2;1H. The van der Waals surface area contributed by atoms with Gasteiger partial charge in [-0.2, -0.15) is 0 Å². The van der Waals surface area contributed by atoms with Crippen LogP contribution in [-0.2, 0) is 0 Å². The summed E-state index contributed by atoms with van der Waals surface area (Å²) in [6.45, 7) is 0. The average Bonchev–Trinajstić information content (AvgIpc) is 2.49. The molecule has 2 rings (SSSR count). The first-order chi connectivity index (χ1) is 6.80. The van der Waals surface area contributed by atoms with Gasteiger partial charge in [0.05, 0.1) is 11.1 Å². The number of aliphatic hydroxyl groups excluding tert-OH is 4. The highest BCUT2D eigenvalue weighted by atomic mass is 35.5. The van der Waals surface area contributed by atoms with Crippen LogP contribution in [0.25, 0.3) is 0 Å². The van der Waals surface area contributed by atoms with Crippen molar-refractivity contribution in [3.8, 4) is 0 Å². The summed E-state index contributed by atoms with van der Waals surface area (Å²) in [6, 6.07) is 0. The summed E-state index contributed by atoms with van der Waals surface area (Å²) in [4.78, 5) is 0. The van der Waals surface area contributed by atoms with Crippen LogP contribution in [0.4, 0.5) is 0 Å². The van der Waals surface area contributed by atoms with Crippen LogP contribution in [0.3, 0.4) is 0 Å². The lowest BCUT2D eigenvalue weighted by Crippen LogP contribution is -2.50. The largest absolute Gasteiger partial charge is 0.504 e. The summed E-state index contributed by atoms with van der Waals surface area (Å²) >= 11 is 0. The monoisotopic (exact) mass is 252 g/mol. The molecule has 0 aromatic rings. The molecule has 0 atom stereocenters. The molecule has 90 valence electrons. The van der Waals surface area contributed by atoms with Crippen molar-refractivity contribution in [2.24, 2.45) is 5.84 Å². The number of rotatable bonds is 0. The van der Waals surface area contributed by atoms with Crippen molar-refractivity contribution in [3.63, 3.8) is 0 Å². The Kier molecular flexibility index (Phi) is 2.48. The Hall–Kier alpha value is -1.61. The van der Waals surface area contributed by atoms with Gasteiger partial charge in [-0.05, 0) is 0 Å². The van der Waals surface area contributed by atoms with Crippen LogP contribution in [0.1, 0.15) is 0 Å². The highest BCUT2D eigenvalue weighted by Crippen LogP contribution is 2.45. The second-order valence-corrected chi connectivity index (χ2v) is 3.12. The molecular weight excluding hydrogens is 244 g/mol. The van der Waals surface area contributed by atoms with E-state index in [9.17, 15) is 25.5 Å². The SMILES string of the molecule is Cl.NN1C(O)=C2C(O)=C(O)C(O)=C2C1(O)O. The lowest BCUT2D eigenvalue weighted by molar-refractivity contribution is -0.225. The molecule has 16 heavy (non-hydrogen) atoms. The summed E-state index contributed by atoms with van der Waals surface area (Å²) in [6.07, 6.45) is 0. The van der Waals surface area contributed by atoms with E-state index in [1.807, 2.05) is 0 Å². The molecule has 9 heteroatoms. The Morgan fingerprint density at radius 2 is 1.44 bits per heavy atom. The van der Waals surface area contributed by atoms with Crippen molar-refractivity contribution >= 4 is 12.4 Å². The van der Waals surface area contributed by atoms with Crippen molar-refractivity contribution < 1.29 is 30.6 Å². The molecule has 0 saturated carbocycles. The summed E-state index contributed by atoms with van der Waals surface area (Å²) < 4.78 is 0. The molecule has 1 aliphatic heterocycles. The smallest absolute Gasteiger partial charge is 0.296 e. The minimum Gasteiger partial charge on any atom is -0.504 e. The molecule has 0 amide bonds. The average molecular weight is 253 g/mol. The van der Waals surface area contributed by atoms with Crippen LogP contribution in [0, 0.1) is 0 Å². The zero-order valence-electron chi connectivity index (χ0n) is 7.62. The fourth-order valence-corrected chi connectivity index (χ4v) is 1.52. The van der Waals surface area contributed by atoms with Gasteiger partial charge in [0.2, 0.25) is 11.6 Å². The van der Waals surface area contributed by atoms with Gasteiger partial charge in [0.25, 0.3) is 5.91 Å². The number of nitrogens with two attached hydrogens (primary N) is 1. The van der Waals surface area contributed by atoms with Crippen LogP contribution in [0.5, 0.6) is 0 Å². The second-order valence-electron chi connectivity index (χ2n) is 3.12. The van der Waals surface area contributed by atoms with E-state index in [1.54, 1.807) is 0 Å². The number of aliphatic hydroxyl groups is 6. The molecular formula is C7H9ClN2O6. The van der Waals surface area contributed by atoms with Gasteiger partial charge in [0, 0.05) is 0 Å². The topological polar surface area (TPSA) is 151 Å². The molecule has 8 N–H and O–H groups in total. The maximum atomic E-state index is 9.40. The number of halogens is 1. The third-order valence-corrected chi connectivity index (χ3v) is 2.30. The van der Waals surface area contributed by atoms with Gasteiger partial charge < -0.3 is 30.6 Å². The van der Waals surface area contributed by atoms with Crippen molar-refractivity contribution in [1.82, 2.24) is 5.01 Å². The molecule has 0 saturated heterocycles. The Labute approximate surface area is 94.8 Å². The van der Waals surface area contributed by atoms with Crippen LogP contribution in [-0.4, -0.2) is 41.6 Å². The molecule has 0 fully saturated rings. The Morgan fingerprint density at radius 3 is 1.88 bits per heavy atom. The number of hydrazine groups is 1. The normalized spacial score (nSPS) is 22.8. The van der Waals surface area contributed by atoms with Crippen LogP contribution in [0.2, 0.25) is 0 Å². The van der Waals surface area contributed by atoms with E-state index in [0.717, 1.165) is 0 Å². The van der Waals surface area contributed by atoms with Crippen LogP contribution >= 0.6 is 12.4 Å². The van der Waals surface area contributed by atoms with Crippen molar-refractivity contribution in [2.45, 2.75) is 5.91 Å². The van der Waals surface area contributed by atoms with Gasteiger partial charge in [0.15, 0.2) is 11.5 Å². The first kappa shape index (κ1) is 12.5. The van der Waals surface area contributed by atoms with Crippen LogP contribution < -0.4 is 5.84 Å². The Balaban J connectivity index is 0.00000128. The minimum absolute atomic E-state index is 0. The fourth-order valence-electron chi connectivity index (χ4n) is 1.52. The molecule has 0 unspecified atom stereocenters. The predicted octanol–water partition coefficient (Wildman–Crippen LogP) is -0.841. The third kappa shape index (κ3) is 1.09. The molecule has 0 aromatic carbocycles. The van der Waals surface area contributed by atoms with E-state index >= 15 is 0 Å². The number of hydrogen-bond donors (Lipinski definition) is 7. The van der Waals surface area contributed by atoms with Crippen molar-refractivity contribution in [2.75, 3.05) is 0 Å². The highest BCUT2D eigenvalue weighted by molar-refractivity contribution is 5.85. The van der Waals surface area contributed by atoms with Crippen LogP contribution in [0.15, 0.2) is 34.3 Å². The van der Waals surface area contributed by atoms with Gasteiger partial charge in [0.1, 0.15) is 0 Å². The zero-order valence-corrected chi connectivity index (χ0v) is 8.43. The third-order valence-electron chi connectivity index (χ3n) is 2.30. The van der Waals surface area contributed by atoms with Gasteiger partial charge in [-0.15, -0.1) is 12.4 Å². The minimum atomic E-state index is -2.89. The van der Waals surface area contributed by atoms with E-state index in [-0.39, 0.29) is 17.4 Å². The molecule has 0 spiro atoms. The fraction of sp³-hybridized carbons (Fsp3) is 0.143. The summed E-state index contributed by atoms with van der Waals surface area (Å²) in [5, 5.41) is 55.9. The summed E-state index contributed by atoms with van der Waals surface area (Å²) in [7, 11) is 0. The van der Waals surface area contributed by atoms with E-state index in [0.29, 0.717) is 0 Å². The number of allylic oxidation sites excluding steroid dienone is 1. The lowest BCUT2D eigenvalue weighted by atomic mass is 10.1. The second kappa shape index (κ2) is 3.19. The number of nitrogens with zero attached hydrogens (tertiary/aromatic N) is 1. The van der Waals surface area contributed by atoms with E-state index in [2.05, 4.69) is 0 Å². The van der Waals surface area contributed by atoms with E-state index in [4.69, 9.17) is 10.9 Å². The number of fused-ring (bicyclic) bond motifs is 1. The van der Waals surface area contributed by atoms with Gasteiger partial charge in [-0.25, -0.2) is 10.9 Å².